The Kier molecular flexibility index (Phi) is 5.06. The number of nitrogens with zero attached hydrogens (tertiary/aromatic N) is 3. The second-order valence-corrected chi connectivity index (χ2v) is 8.94. The molecular weight excluding hydrogens is 434 g/mol. The van der Waals surface area contributed by atoms with Crippen molar-refractivity contribution in [2.24, 2.45) is 0 Å². The van der Waals surface area contributed by atoms with E-state index in [4.69, 9.17) is 9.47 Å². The van der Waals surface area contributed by atoms with Crippen molar-refractivity contribution < 1.29 is 23.9 Å². The lowest BCUT2D eigenvalue weighted by Gasteiger charge is -2.46. The highest BCUT2D eigenvalue weighted by Gasteiger charge is 2.65. The Labute approximate surface area is 196 Å². The minimum Gasteiger partial charge on any atom is -0.466 e. The molecule has 8 heteroatoms. The molecule has 1 heterocycles. The number of allylic oxidation sites excluding steroid dienone is 1. The fourth-order valence-corrected chi connectivity index (χ4v) is 5.24. The molecule has 1 aliphatic heterocycles. The normalized spacial score (nSPS) is 18.9. The second kappa shape index (κ2) is 7.57. The third-order valence-corrected chi connectivity index (χ3v) is 6.21. The summed E-state index contributed by atoms with van der Waals surface area (Å²) < 4.78 is 9.97. The maximum Gasteiger partial charge on any atom is 0.344 e. The minimum absolute atomic E-state index is 0.159. The number of benzene rings is 2. The van der Waals surface area contributed by atoms with Crippen LogP contribution in [-0.2, 0) is 29.4 Å². The Morgan fingerprint density at radius 2 is 1.56 bits per heavy atom. The summed E-state index contributed by atoms with van der Waals surface area (Å²) in [5.41, 5.74) is -2.56. The van der Waals surface area contributed by atoms with Crippen molar-refractivity contribution in [3.63, 3.8) is 0 Å². The van der Waals surface area contributed by atoms with Crippen molar-refractivity contribution in [1.29, 1.82) is 10.5 Å². The van der Waals surface area contributed by atoms with E-state index in [1.54, 1.807) is 45.0 Å². The fraction of sp³-hybridized carbons (Fsp3) is 0.269. The fourth-order valence-electron chi connectivity index (χ4n) is 5.24. The van der Waals surface area contributed by atoms with Crippen LogP contribution in [0, 0.1) is 22.7 Å². The number of esters is 2. The lowest BCUT2D eigenvalue weighted by Crippen LogP contribution is -2.55. The summed E-state index contributed by atoms with van der Waals surface area (Å²) in [6, 6.07) is 14.6. The van der Waals surface area contributed by atoms with Gasteiger partial charge in [-0.25, -0.2) is 9.59 Å². The lowest BCUT2D eigenvalue weighted by molar-refractivity contribution is -0.141. The molecule has 0 bridgehead atoms. The Morgan fingerprint density at radius 3 is 2.09 bits per heavy atom. The van der Waals surface area contributed by atoms with Gasteiger partial charge in [-0.15, -0.1) is 0 Å². The zero-order chi connectivity index (χ0) is 25.0. The van der Waals surface area contributed by atoms with E-state index in [1.165, 1.54) is 4.90 Å². The number of amides is 1. The average molecular weight is 455 g/mol. The summed E-state index contributed by atoms with van der Waals surface area (Å²) in [5.74, 6) is -2.69. The van der Waals surface area contributed by atoms with Gasteiger partial charge in [-0.05, 0) is 42.7 Å². The van der Waals surface area contributed by atoms with Gasteiger partial charge in [0.05, 0.1) is 19.8 Å². The number of nitriles is 2. The Morgan fingerprint density at radius 1 is 0.971 bits per heavy atom. The summed E-state index contributed by atoms with van der Waals surface area (Å²) in [6.45, 7) is 5.25. The van der Waals surface area contributed by atoms with E-state index in [2.05, 4.69) is 0 Å². The Balaban J connectivity index is 2.37. The zero-order valence-corrected chi connectivity index (χ0v) is 19.3. The van der Waals surface area contributed by atoms with Gasteiger partial charge in [0.25, 0.3) is 5.91 Å². The molecule has 0 saturated heterocycles. The molecule has 0 saturated carbocycles. The van der Waals surface area contributed by atoms with Crippen LogP contribution in [0.4, 0.5) is 0 Å². The maximum atomic E-state index is 13.9. The Bertz CT molecular complexity index is 1420. The lowest BCUT2D eigenvalue weighted by atomic mass is 9.75. The molecule has 8 nitrogen and oxygen atoms in total. The van der Waals surface area contributed by atoms with E-state index < -0.39 is 34.5 Å². The molecule has 1 aliphatic carbocycles. The van der Waals surface area contributed by atoms with Gasteiger partial charge in [0.1, 0.15) is 28.8 Å². The predicted molar refractivity (Wildman–Crippen MR) is 121 cm³/mol. The second-order valence-electron chi connectivity index (χ2n) is 8.94. The molecule has 0 fully saturated rings. The molecule has 2 aromatic rings. The summed E-state index contributed by atoms with van der Waals surface area (Å²) in [6.07, 6.45) is 0. The van der Waals surface area contributed by atoms with E-state index in [-0.39, 0.29) is 16.7 Å². The van der Waals surface area contributed by atoms with Crippen LogP contribution >= 0.6 is 0 Å². The monoisotopic (exact) mass is 455 g/mol. The molecule has 0 N–H and O–H groups in total. The van der Waals surface area contributed by atoms with Crippen molar-refractivity contribution in [2.45, 2.75) is 31.8 Å². The van der Waals surface area contributed by atoms with Crippen molar-refractivity contribution in [3.05, 3.63) is 64.2 Å². The molecule has 0 unspecified atom stereocenters. The summed E-state index contributed by atoms with van der Waals surface area (Å²) in [5, 5.41) is 21.4. The molecular formula is C26H21N3O5. The van der Waals surface area contributed by atoms with E-state index in [0.29, 0.717) is 16.5 Å². The number of carbonyl (C=O) groups is 3. The first-order chi connectivity index (χ1) is 16.1. The van der Waals surface area contributed by atoms with Crippen LogP contribution in [0.2, 0.25) is 0 Å². The topological polar surface area (TPSA) is 120 Å². The third-order valence-electron chi connectivity index (χ3n) is 6.21. The highest BCUT2D eigenvalue weighted by molar-refractivity contribution is 6.28. The largest absolute Gasteiger partial charge is 0.466 e. The zero-order valence-electron chi connectivity index (χ0n) is 19.3. The van der Waals surface area contributed by atoms with Crippen LogP contribution in [0.1, 0.15) is 31.9 Å². The average Bonchev–Trinajstić information content (AvgIpc) is 3.25. The highest BCUT2D eigenvalue weighted by atomic mass is 16.5. The molecule has 1 amide bonds. The molecule has 2 aliphatic rings. The van der Waals surface area contributed by atoms with Gasteiger partial charge in [-0.3, -0.25) is 4.79 Å². The van der Waals surface area contributed by atoms with Crippen LogP contribution in [0.15, 0.2) is 53.1 Å². The molecule has 34 heavy (non-hydrogen) atoms. The SMILES string of the molecule is COC(=O)C1=C(C(=O)OC)[C@]2(C(=C(C#N)C#N)c3cccc4cccc2c34)N(C(C)(C)C)C1=O. The van der Waals surface area contributed by atoms with Gasteiger partial charge in [0.15, 0.2) is 0 Å². The highest BCUT2D eigenvalue weighted by Crippen LogP contribution is 2.62. The first kappa shape index (κ1) is 22.8. The van der Waals surface area contributed by atoms with Crippen LogP contribution in [-0.4, -0.2) is 42.5 Å². The standard InChI is InChI=1S/C26H21N3O5/c1-25(2,3)29-22(30)19(23(31)33-4)21(24(32)34-5)26(29)17-11-7-9-14-8-6-10-16(18(14)17)20(26)15(12-27)13-28/h6-11H,1-5H3/t26-/m0/s1. The number of fused-ring (bicyclic) bond motifs is 1. The van der Waals surface area contributed by atoms with Crippen molar-refractivity contribution in [1.82, 2.24) is 4.90 Å². The van der Waals surface area contributed by atoms with Gasteiger partial charge >= 0.3 is 11.9 Å². The van der Waals surface area contributed by atoms with E-state index in [9.17, 15) is 24.9 Å². The van der Waals surface area contributed by atoms with Gasteiger partial charge in [-0.2, -0.15) is 10.5 Å². The number of hydrogen-bond donors (Lipinski definition) is 0. The summed E-state index contributed by atoms with van der Waals surface area (Å²) >= 11 is 0. The van der Waals surface area contributed by atoms with Crippen LogP contribution < -0.4 is 0 Å². The van der Waals surface area contributed by atoms with Crippen molar-refractivity contribution in [3.8, 4) is 12.1 Å². The van der Waals surface area contributed by atoms with Crippen LogP contribution in [0.5, 0.6) is 0 Å². The number of rotatable bonds is 2. The smallest absolute Gasteiger partial charge is 0.344 e. The predicted octanol–water partition coefficient (Wildman–Crippen LogP) is 3.13. The maximum absolute atomic E-state index is 13.9. The van der Waals surface area contributed by atoms with E-state index in [0.717, 1.165) is 19.6 Å². The molecule has 1 spiro atoms. The number of ether oxygens (including phenoxy) is 2. The van der Waals surface area contributed by atoms with Gasteiger partial charge in [0, 0.05) is 11.1 Å². The Hall–Kier alpha value is -4.43. The number of methoxy groups -OCH3 is 2. The van der Waals surface area contributed by atoms with E-state index >= 15 is 0 Å². The van der Waals surface area contributed by atoms with Crippen LogP contribution in [0.25, 0.3) is 16.3 Å². The first-order valence-corrected chi connectivity index (χ1v) is 10.4. The van der Waals surface area contributed by atoms with Gasteiger partial charge in [0.2, 0.25) is 0 Å². The molecule has 0 aromatic heterocycles. The molecule has 2 aromatic carbocycles. The van der Waals surface area contributed by atoms with Gasteiger partial charge in [-0.1, -0.05) is 36.4 Å². The molecule has 4 rings (SSSR count). The third kappa shape index (κ3) is 2.66. The quantitative estimate of drug-likeness (QED) is 0.387. The number of carbonyl (C=O) groups excluding carboxylic acids is 3. The molecule has 170 valence electrons. The summed E-state index contributed by atoms with van der Waals surface area (Å²) in [4.78, 5) is 41.6. The summed E-state index contributed by atoms with van der Waals surface area (Å²) in [7, 11) is 2.25. The minimum atomic E-state index is -1.75. The molecule has 0 radical (unpaired) electrons. The first-order valence-electron chi connectivity index (χ1n) is 10.4. The van der Waals surface area contributed by atoms with Gasteiger partial charge < -0.3 is 14.4 Å². The van der Waals surface area contributed by atoms with Crippen LogP contribution in [0.3, 0.4) is 0 Å². The van der Waals surface area contributed by atoms with Crippen molar-refractivity contribution in [2.75, 3.05) is 14.2 Å². The molecule has 1 atom stereocenters. The number of hydrogen-bond acceptors (Lipinski definition) is 7. The van der Waals surface area contributed by atoms with Crippen molar-refractivity contribution >= 4 is 34.2 Å². The van der Waals surface area contributed by atoms with E-state index in [1.807, 2.05) is 24.3 Å².